The fourth-order valence-corrected chi connectivity index (χ4v) is 2.60. The van der Waals surface area contributed by atoms with Crippen molar-refractivity contribution in [3.8, 4) is 0 Å². The summed E-state index contributed by atoms with van der Waals surface area (Å²) in [6.07, 6.45) is 1.75. The molecule has 0 fully saturated rings. The normalized spacial score (nSPS) is 10.4. The number of carbonyl (C=O) groups is 1. The molecule has 4 nitrogen and oxygen atoms in total. The first-order valence-corrected chi connectivity index (χ1v) is 5.86. The largest absolute Gasteiger partial charge is 0.465 e. The van der Waals surface area contributed by atoms with Crippen LogP contribution in [0, 0.1) is 5.41 Å². The molecule has 2 rings (SSSR count). The highest BCUT2D eigenvalue weighted by Crippen LogP contribution is 2.19. The van der Waals surface area contributed by atoms with E-state index in [4.69, 9.17) is 5.41 Å². The second-order valence-corrected chi connectivity index (χ2v) is 4.51. The minimum Gasteiger partial charge on any atom is -0.465 e. The molecule has 2 aromatic rings. The number of allylic oxidation sites excluding steroid dienone is 1. The van der Waals surface area contributed by atoms with Crippen molar-refractivity contribution in [3.05, 3.63) is 41.2 Å². The summed E-state index contributed by atoms with van der Waals surface area (Å²) in [7, 11) is 1.36. The number of nitrogens with one attached hydrogen (secondary N) is 1. The Hall–Kier alpha value is -1.88. The van der Waals surface area contributed by atoms with Crippen LogP contribution in [0.2, 0.25) is 0 Å². The highest BCUT2D eigenvalue weighted by molar-refractivity contribution is 7.16. The number of esters is 1. The Morgan fingerprint density at radius 2 is 2.41 bits per heavy atom. The third-order valence-electron chi connectivity index (χ3n) is 2.44. The highest BCUT2D eigenvalue weighted by Gasteiger charge is 2.09. The van der Waals surface area contributed by atoms with E-state index in [0.29, 0.717) is 16.9 Å². The lowest BCUT2D eigenvalue weighted by Gasteiger charge is -2.01. The van der Waals surface area contributed by atoms with Crippen LogP contribution in [0.1, 0.15) is 10.4 Å². The van der Waals surface area contributed by atoms with Crippen LogP contribution >= 0.6 is 11.3 Å². The third kappa shape index (κ3) is 2.01. The molecule has 17 heavy (non-hydrogen) atoms. The van der Waals surface area contributed by atoms with Crippen LogP contribution < -0.4 is 4.80 Å². The minimum absolute atomic E-state index is 0.359. The predicted octanol–water partition coefficient (Wildman–Crippen LogP) is 2.15. The number of carbonyl (C=O) groups excluding carboxylic acids is 1. The molecule has 0 aliphatic heterocycles. The predicted molar refractivity (Wildman–Crippen MR) is 67.2 cm³/mol. The molecule has 0 unspecified atom stereocenters. The molecule has 1 heterocycles. The molecule has 88 valence electrons. The van der Waals surface area contributed by atoms with E-state index in [1.54, 1.807) is 18.2 Å². The van der Waals surface area contributed by atoms with Crippen molar-refractivity contribution in [1.29, 1.82) is 5.41 Å². The van der Waals surface area contributed by atoms with Crippen molar-refractivity contribution in [2.24, 2.45) is 0 Å². The molecule has 0 aliphatic carbocycles. The summed E-state index contributed by atoms with van der Waals surface area (Å²) < 4.78 is 7.41. The number of fused-ring (bicyclic) bond motifs is 1. The Morgan fingerprint density at radius 3 is 3.06 bits per heavy atom. The quantitative estimate of drug-likeness (QED) is 0.668. The van der Waals surface area contributed by atoms with Crippen LogP contribution in [-0.2, 0) is 11.3 Å². The molecule has 0 aliphatic rings. The van der Waals surface area contributed by atoms with Crippen molar-refractivity contribution < 1.29 is 9.53 Å². The van der Waals surface area contributed by atoms with Crippen molar-refractivity contribution in [3.63, 3.8) is 0 Å². The highest BCUT2D eigenvalue weighted by atomic mass is 32.1. The molecule has 5 heteroatoms. The van der Waals surface area contributed by atoms with Crippen LogP contribution in [-0.4, -0.2) is 17.6 Å². The molecule has 1 aromatic carbocycles. The number of rotatable bonds is 3. The average Bonchev–Trinajstić information content (AvgIpc) is 2.64. The first-order valence-electron chi connectivity index (χ1n) is 5.04. The summed E-state index contributed by atoms with van der Waals surface area (Å²) in [4.78, 5) is 11.8. The Kier molecular flexibility index (Phi) is 3.10. The average molecular weight is 248 g/mol. The van der Waals surface area contributed by atoms with Gasteiger partial charge in [0.2, 0.25) is 0 Å². The summed E-state index contributed by atoms with van der Waals surface area (Å²) in [5.41, 5.74) is 1.44. The number of hydrogen-bond donors (Lipinski definition) is 1. The Labute approximate surface area is 102 Å². The van der Waals surface area contributed by atoms with Crippen molar-refractivity contribution in [2.45, 2.75) is 6.54 Å². The van der Waals surface area contributed by atoms with E-state index in [-0.39, 0.29) is 5.97 Å². The molecule has 1 N–H and O–H groups in total. The number of aromatic nitrogens is 1. The van der Waals surface area contributed by atoms with Gasteiger partial charge in [0.25, 0.3) is 0 Å². The summed E-state index contributed by atoms with van der Waals surface area (Å²) in [6, 6.07) is 5.29. The zero-order chi connectivity index (χ0) is 12.4. The molecular weight excluding hydrogens is 236 g/mol. The number of ether oxygens (including phenoxy) is 1. The lowest BCUT2D eigenvalue weighted by molar-refractivity contribution is 0.0601. The van der Waals surface area contributed by atoms with Gasteiger partial charge < -0.3 is 9.30 Å². The molecule has 0 radical (unpaired) electrons. The molecule has 1 aromatic heterocycles. The maximum atomic E-state index is 11.4. The van der Waals surface area contributed by atoms with Gasteiger partial charge in [-0.2, -0.15) is 0 Å². The van der Waals surface area contributed by atoms with Gasteiger partial charge in [0, 0.05) is 6.54 Å². The Morgan fingerprint density at radius 1 is 1.65 bits per heavy atom. The van der Waals surface area contributed by atoms with Crippen molar-refractivity contribution >= 4 is 27.5 Å². The van der Waals surface area contributed by atoms with E-state index in [1.165, 1.54) is 18.4 Å². The molecule has 0 atom stereocenters. The van der Waals surface area contributed by atoms with Crippen molar-refractivity contribution in [2.75, 3.05) is 7.11 Å². The summed E-state index contributed by atoms with van der Waals surface area (Å²) in [5, 5.41) is 7.84. The number of methoxy groups -OCH3 is 1. The van der Waals surface area contributed by atoms with Crippen LogP contribution in [0.15, 0.2) is 30.9 Å². The summed E-state index contributed by atoms with van der Waals surface area (Å²) in [6.45, 7) is 4.26. The van der Waals surface area contributed by atoms with E-state index in [9.17, 15) is 4.79 Å². The SMILES string of the molecule is C=CCn1c(=N)sc2cc(C(=O)OC)ccc21. The summed E-state index contributed by atoms with van der Waals surface area (Å²) in [5.74, 6) is -0.359. The first-order chi connectivity index (χ1) is 8.17. The third-order valence-corrected chi connectivity index (χ3v) is 3.40. The molecule has 0 saturated heterocycles. The molecule has 0 saturated carbocycles. The Balaban J connectivity index is 2.61. The Bertz CT molecular complexity index is 639. The zero-order valence-corrected chi connectivity index (χ0v) is 10.2. The van der Waals surface area contributed by atoms with Crippen molar-refractivity contribution in [1.82, 2.24) is 4.57 Å². The maximum Gasteiger partial charge on any atom is 0.337 e. The number of nitrogens with zero attached hydrogens (tertiary/aromatic N) is 1. The number of thiazole rings is 1. The standard InChI is InChI=1S/C12H12N2O2S/c1-3-6-14-9-5-4-8(11(15)16-2)7-10(9)17-12(14)13/h3-5,7,13H,1,6H2,2H3. The molecule has 0 bridgehead atoms. The molecular formula is C12H12N2O2S. The second kappa shape index (κ2) is 4.55. The van der Waals surface area contributed by atoms with Crippen LogP contribution in [0.5, 0.6) is 0 Å². The topological polar surface area (TPSA) is 55.1 Å². The van der Waals surface area contributed by atoms with Gasteiger partial charge in [-0.1, -0.05) is 17.4 Å². The van der Waals surface area contributed by atoms with Gasteiger partial charge in [0.15, 0.2) is 4.80 Å². The van der Waals surface area contributed by atoms with E-state index in [0.717, 1.165) is 10.2 Å². The van der Waals surface area contributed by atoms with E-state index in [1.807, 2.05) is 10.6 Å². The molecule has 0 spiro atoms. The van der Waals surface area contributed by atoms with Crippen LogP contribution in [0.4, 0.5) is 0 Å². The molecule has 0 amide bonds. The lowest BCUT2D eigenvalue weighted by atomic mass is 10.2. The van der Waals surface area contributed by atoms with E-state index in [2.05, 4.69) is 11.3 Å². The van der Waals surface area contributed by atoms with Crippen LogP contribution in [0.3, 0.4) is 0 Å². The minimum atomic E-state index is -0.359. The fraction of sp³-hybridized carbons (Fsp3) is 0.167. The fourth-order valence-electron chi connectivity index (χ4n) is 1.64. The van der Waals surface area contributed by atoms with Crippen LogP contribution in [0.25, 0.3) is 10.2 Å². The van der Waals surface area contributed by atoms with Gasteiger partial charge in [-0.05, 0) is 18.2 Å². The van der Waals surface area contributed by atoms with Gasteiger partial charge in [-0.15, -0.1) is 6.58 Å². The van der Waals surface area contributed by atoms with E-state index >= 15 is 0 Å². The smallest absolute Gasteiger partial charge is 0.337 e. The van der Waals surface area contributed by atoms with Gasteiger partial charge >= 0.3 is 5.97 Å². The van der Waals surface area contributed by atoms with Gasteiger partial charge in [0.1, 0.15) is 0 Å². The number of hydrogen-bond acceptors (Lipinski definition) is 4. The van der Waals surface area contributed by atoms with E-state index < -0.39 is 0 Å². The summed E-state index contributed by atoms with van der Waals surface area (Å²) >= 11 is 1.33. The lowest BCUT2D eigenvalue weighted by Crippen LogP contribution is -2.11. The van der Waals surface area contributed by atoms with Gasteiger partial charge in [0.05, 0.1) is 22.9 Å². The zero-order valence-electron chi connectivity index (χ0n) is 9.40. The van der Waals surface area contributed by atoms with Gasteiger partial charge in [-0.3, -0.25) is 5.41 Å². The van der Waals surface area contributed by atoms with Gasteiger partial charge in [-0.25, -0.2) is 4.79 Å². The number of benzene rings is 1. The first kappa shape index (κ1) is 11.6. The monoisotopic (exact) mass is 248 g/mol. The maximum absolute atomic E-state index is 11.4. The second-order valence-electron chi connectivity index (χ2n) is 3.48.